The maximum absolute atomic E-state index is 6.05. The molecule has 1 heterocycles. The molecule has 0 aliphatic heterocycles. The van der Waals surface area contributed by atoms with Crippen LogP contribution in [0, 0.1) is 0 Å². The number of methoxy groups -OCH3 is 1. The summed E-state index contributed by atoms with van der Waals surface area (Å²) in [5.41, 5.74) is 2.12. The molecule has 21 heavy (non-hydrogen) atoms. The van der Waals surface area contributed by atoms with Crippen LogP contribution in [0.15, 0.2) is 30.5 Å². The summed E-state index contributed by atoms with van der Waals surface area (Å²) in [6.07, 6.45) is 1.97. The summed E-state index contributed by atoms with van der Waals surface area (Å²) < 4.78 is 7.26. The Morgan fingerprint density at radius 3 is 2.71 bits per heavy atom. The summed E-state index contributed by atoms with van der Waals surface area (Å²) >= 11 is 6.05. The molecular weight excluding hydrogens is 286 g/mol. The van der Waals surface area contributed by atoms with Crippen molar-refractivity contribution in [3.05, 3.63) is 46.7 Å². The molecule has 0 spiro atoms. The van der Waals surface area contributed by atoms with Crippen LogP contribution in [0.3, 0.4) is 0 Å². The fourth-order valence-corrected chi connectivity index (χ4v) is 2.18. The first-order valence-corrected chi connectivity index (χ1v) is 7.35. The molecule has 0 amide bonds. The van der Waals surface area contributed by atoms with Crippen LogP contribution in [0.4, 0.5) is 0 Å². The van der Waals surface area contributed by atoms with Crippen molar-refractivity contribution in [1.29, 1.82) is 0 Å². The Morgan fingerprint density at radius 2 is 2.05 bits per heavy atom. The highest BCUT2D eigenvalue weighted by Gasteiger charge is 2.10. The predicted octanol–water partition coefficient (Wildman–Crippen LogP) is 3.48. The van der Waals surface area contributed by atoms with Crippen molar-refractivity contribution in [2.24, 2.45) is 0 Å². The van der Waals surface area contributed by atoms with Gasteiger partial charge in [-0.2, -0.15) is 5.10 Å². The van der Waals surface area contributed by atoms with E-state index >= 15 is 0 Å². The SMILES string of the molecule is COc1ccc(Cl)cc1Cn1ccc(CNC(C)(C)C)n1. The van der Waals surface area contributed by atoms with E-state index < -0.39 is 0 Å². The maximum atomic E-state index is 6.05. The van der Waals surface area contributed by atoms with E-state index in [2.05, 4.69) is 31.2 Å². The van der Waals surface area contributed by atoms with Gasteiger partial charge < -0.3 is 10.1 Å². The molecule has 114 valence electrons. The number of halogens is 1. The van der Waals surface area contributed by atoms with Crippen LogP contribution in [0.1, 0.15) is 32.0 Å². The van der Waals surface area contributed by atoms with Crippen LogP contribution in [0.5, 0.6) is 5.75 Å². The minimum atomic E-state index is 0.0833. The zero-order chi connectivity index (χ0) is 15.5. The maximum Gasteiger partial charge on any atom is 0.124 e. The lowest BCUT2D eigenvalue weighted by molar-refractivity contribution is 0.406. The van der Waals surface area contributed by atoms with Crippen LogP contribution in [0.25, 0.3) is 0 Å². The number of benzene rings is 1. The van der Waals surface area contributed by atoms with Crippen LogP contribution < -0.4 is 10.1 Å². The largest absolute Gasteiger partial charge is 0.496 e. The number of ether oxygens (including phenoxy) is 1. The fourth-order valence-electron chi connectivity index (χ4n) is 1.99. The van der Waals surface area contributed by atoms with Crippen molar-refractivity contribution in [1.82, 2.24) is 15.1 Å². The van der Waals surface area contributed by atoms with Gasteiger partial charge in [0, 0.05) is 28.9 Å². The number of nitrogens with one attached hydrogen (secondary N) is 1. The molecular formula is C16H22ClN3O. The molecule has 0 radical (unpaired) electrons. The molecule has 2 rings (SSSR count). The summed E-state index contributed by atoms with van der Waals surface area (Å²) in [4.78, 5) is 0. The lowest BCUT2D eigenvalue weighted by Gasteiger charge is -2.19. The molecule has 0 saturated heterocycles. The van der Waals surface area contributed by atoms with Crippen molar-refractivity contribution in [2.75, 3.05) is 7.11 Å². The Morgan fingerprint density at radius 1 is 1.29 bits per heavy atom. The molecule has 4 nitrogen and oxygen atoms in total. The normalized spacial score (nSPS) is 11.7. The summed E-state index contributed by atoms with van der Waals surface area (Å²) in [6, 6.07) is 7.64. The average Bonchev–Trinajstić information content (AvgIpc) is 2.84. The molecule has 0 bridgehead atoms. The van der Waals surface area contributed by atoms with Gasteiger partial charge in [0.2, 0.25) is 0 Å². The van der Waals surface area contributed by atoms with Crippen molar-refractivity contribution in [2.45, 2.75) is 39.4 Å². The molecule has 0 atom stereocenters. The standard InChI is InChI=1S/C16H22ClN3O/c1-16(2,3)18-10-14-7-8-20(19-14)11-12-9-13(17)5-6-15(12)21-4/h5-9,18H,10-11H2,1-4H3. The third-order valence-corrected chi connectivity index (χ3v) is 3.31. The van der Waals surface area contributed by atoms with Gasteiger partial charge >= 0.3 is 0 Å². The van der Waals surface area contributed by atoms with Gasteiger partial charge in [-0.25, -0.2) is 0 Å². The van der Waals surface area contributed by atoms with Gasteiger partial charge in [-0.05, 0) is 45.0 Å². The molecule has 1 aromatic heterocycles. The molecule has 0 fully saturated rings. The summed E-state index contributed by atoms with van der Waals surface area (Å²) in [7, 11) is 1.66. The van der Waals surface area contributed by atoms with Crippen LogP contribution in [-0.4, -0.2) is 22.4 Å². The van der Waals surface area contributed by atoms with Gasteiger partial charge in [0.1, 0.15) is 5.75 Å². The average molecular weight is 308 g/mol. The molecule has 0 saturated carbocycles. The second-order valence-corrected chi connectivity index (χ2v) is 6.50. The Balaban J connectivity index is 2.07. The van der Waals surface area contributed by atoms with E-state index in [9.17, 15) is 0 Å². The minimum Gasteiger partial charge on any atom is -0.496 e. The van der Waals surface area contributed by atoms with E-state index in [0.29, 0.717) is 11.6 Å². The van der Waals surface area contributed by atoms with E-state index in [-0.39, 0.29) is 5.54 Å². The molecule has 0 unspecified atom stereocenters. The number of hydrogen-bond donors (Lipinski definition) is 1. The quantitative estimate of drug-likeness (QED) is 0.919. The van der Waals surface area contributed by atoms with Crippen LogP contribution in [-0.2, 0) is 13.1 Å². The minimum absolute atomic E-state index is 0.0833. The summed E-state index contributed by atoms with van der Waals surface area (Å²) in [5.74, 6) is 0.823. The van der Waals surface area contributed by atoms with Gasteiger partial charge in [-0.1, -0.05) is 11.6 Å². The van der Waals surface area contributed by atoms with Crippen molar-refractivity contribution in [3.8, 4) is 5.75 Å². The summed E-state index contributed by atoms with van der Waals surface area (Å²) in [5, 5.41) is 8.70. The number of hydrogen-bond acceptors (Lipinski definition) is 3. The number of rotatable bonds is 5. The second-order valence-electron chi connectivity index (χ2n) is 6.06. The Labute approximate surface area is 131 Å². The Kier molecular flexibility index (Phi) is 4.91. The zero-order valence-electron chi connectivity index (χ0n) is 13.0. The van der Waals surface area contributed by atoms with Crippen molar-refractivity contribution < 1.29 is 4.74 Å². The topological polar surface area (TPSA) is 39.1 Å². The predicted molar refractivity (Wildman–Crippen MR) is 85.9 cm³/mol. The highest BCUT2D eigenvalue weighted by atomic mass is 35.5. The van der Waals surface area contributed by atoms with E-state index in [1.54, 1.807) is 7.11 Å². The molecule has 5 heteroatoms. The first-order chi connectivity index (χ1) is 9.87. The Bertz CT molecular complexity index is 602. The van der Waals surface area contributed by atoms with Gasteiger partial charge in [0.05, 0.1) is 19.3 Å². The van der Waals surface area contributed by atoms with Gasteiger partial charge in [0.25, 0.3) is 0 Å². The fraction of sp³-hybridized carbons (Fsp3) is 0.438. The molecule has 1 aromatic carbocycles. The molecule has 0 aliphatic rings. The van der Waals surface area contributed by atoms with Crippen molar-refractivity contribution in [3.63, 3.8) is 0 Å². The second kappa shape index (κ2) is 6.50. The van der Waals surface area contributed by atoms with E-state index in [0.717, 1.165) is 23.6 Å². The van der Waals surface area contributed by atoms with Gasteiger partial charge in [-0.15, -0.1) is 0 Å². The van der Waals surface area contributed by atoms with E-state index in [4.69, 9.17) is 16.3 Å². The van der Waals surface area contributed by atoms with Crippen LogP contribution >= 0.6 is 11.6 Å². The zero-order valence-corrected chi connectivity index (χ0v) is 13.7. The molecule has 0 aliphatic carbocycles. The third-order valence-electron chi connectivity index (χ3n) is 3.07. The highest BCUT2D eigenvalue weighted by Crippen LogP contribution is 2.23. The first-order valence-electron chi connectivity index (χ1n) is 6.97. The first kappa shape index (κ1) is 15.9. The third kappa shape index (κ3) is 4.76. The lowest BCUT2D eigenvalue weighted by Crippen LogP contribution is -2.35. The Hall–Kier alpha value is -1.52. The smallest absolute Gasteiger partial charge is 0.124 e. The van der Waals surface area contributed by atoms with Crippen molar-refractivity contribution >= 4 is 11.6 Å². The molecule has 2 aromatic rings. The van der Waals surface area contributed by atoms with Gasteiger partial charge in [-0.3, -0.25) is 4.68 Å². The van der Waals surface area contributed by atoms with E-state index in [1.165, 1.54) is 0 Å². The number of aromatic nitrogens is 2. The van der Waals surface area contributed by atoms with E-state index in [1.807, 2.05) is 35.1 Å². The lowest BCUT2D eigenvalue weighted by atomic mass is 10.1. The molecule has 1 N–H and O–H groups in total. The summed E-state index contributed by atoms with van der Waals surface area (Å²) in [6.45, 7) is 7.81. The van der Waals surface area contributed by atoms with Gasteiger partial charge in [0.15, 0.2) is 0 Å². The van der Waals surface area contributed by atoms with Crippen LogP contribution in [0.2, 0.25) is 5.02 Å². The number of nitrogens with zero attached hydrogens (tertiary/aromatic N) is 2. The highest BCUT2D eigenvalue weighted by molar-refractivity contribution is 6.30. The monoisotopic (exact) mass is 307 g/mol.